The molecule has 2 atom stereocenters. The van der Waals surface area contributed by atoms with Gasteiger partial charge in [-0.3, -0.25) is 14.7 Å². The van der Waals surface area contributed by atoms with Crippen LogP contribution in [-0.2, 0) is 4.74 Å². The van der Waals surface area contributed by atoms with Crippen LogP contribution in [-0.4, -0.2) is 59.6 Å². The SMILES string of the molecule is COC1CN(C2CCN(C(=O)c3ccc(C)s3)CC2)C1c1cccnc1. The number of amides is 1. The monoisotopic (exact) mass is 371 g/mol. The minimum Gasteiger partial charge on any atom is -0.378 e. The van der Waals surface area contributed by atoms with Gasteiger partial charge in [-0.25, -0.2) is 0 Å². The summed E-state index contributed by atoms with van der Waals surface area (Å²) in [5.41, 5.74) is 1.22. The van der Waals surface area contributed by atoms with E-state index in [0.29, 0.717) is 6.04 Å². The molecule has 6 heteroatoms. The Morgan fingerprint density at radius 3 is 2.69 bits per heavy atom. The number of hydrogen-bond donors (Lipinski definition) is 0. The summed E-state index contributed by atoms with van der Waals surface area (Å²) in [6.45, 7) is 4.66. The number of piperidine rings is 1. The number of rotatable bonds is 4. The first-order valence-corrected chi connectivity index (χ1v) is 10.0. The number of likely N-dealkylation sites (tertiary alicyclic amines) is 2. The van der Waals surface area contributed by atoms with Gasteiger partial charge in [-0.2, -0.15) is 0 Å². The first-order chi connectivity index (χ1) is 12.7. The number of nitrogens with zero attached hydrogens (tertiary/aromatic N) is 3. The Bertz CT molecular complexity index is 755. The Hall–Kier alpha value is -1.76. The number of aromatic nitrogens is 1. The van der Waals surface area contributed by atoms with Crippen molar-refractivity contribution in [1.29, 1.82) is 0 Å². The van der Waals surface area contributed by atoms with Crippen molar-refractivity contribution in [1.82, 2.24) is 14.8 Å². The van der Waals surface area contributed by atoms with E-state index in [4.69, 9.17) is 4.74 Å². The van der Waals surface area contributed by atoms with Crippen LogP contribution < -0.4 is 0 Å². The van der Waals surface area contributed by atoms with Crippen molar-refractivity contribution >= 4 is 17.2 Å². The highest BCUT2D eigenvalue weighted by atomic mass is 32.1. The Morgan fingerprint density at radius 1 is 1.27 bits per heavy atom. The lowest BCUT2D eigenvalue weighted by Gasteiger charge is -2.52. The van der Waals surface area contributed by atoms with E-state index in [2.05, 4.69) is 16.0 Å². The van der Waals surface area contributed by atoms with Gasteiger partial charge in [-0.05, 0) is 43.5 Å². The van der Waals surface area contributed by atoms with Crippen LogP contribution in [0.3, 0.4) is 0 Å². The van der Waals surface area contributed by atoms with Crippen LogP contribution >= 0.6 is 11.3 Å². The van der Waals surface area contributed by atoms with E-state index < -0.39 is 0 Å². The zero-order valence-corrected chi connectivity index (χ0v) is 16.1. The Kier molecular flexibility index (Phi) is 5.07. The average Bonchev–Trinajstić information content (AvgIpc) is 3.08. The van der Waals surface area contributed by atoms with Gasteiger partial charge < -0.3 is 9.64 Å². The smallest absolute Gasteiger partial charge is 0.263 e. The van der Waals surface area contributed by atoms with Gasteiger partial charge in [0, 0.05) is 50.1 Å². The quantitative estimate of drug-likeness (QED) is 0.828. The highest BCUT2D eigenvalue weighted by Crippen LogP contribution is 2.39. The second-order valence-corrected chi connectivity index (χ2v) is 8.42. The molecule has 0 radical (unpaired) electrons. The zero-order valence-electron chi connectivity index (χ0n) is 15.3. The van der Waals surface area contributed by atoms with Crippen LogP contribution in [0, 0.1) is 6.92 Å². The van der Waals surface area contributed by atoms with Crippen molar-refractivity contribution in [2.75, 3.05) is 26.7 Å². The molecular formula is C20H25N3O2S. The van der Waals surface area contributed by atoms with Crippen molar-refractivity contribution in [3.63, 3.8) is 0 Å². The summed E-state index contributed by atoms with van der Waals surface area (Å²) in [7, 11) is 1.79. The summed E-state index contributed by atoms with van der Waals surface area (Å²) in [5, 5.41) is 0. The largest absolute Gasteiger partial charge is 0.378 e. The zero-order chi connectivity index (χ0) is 18.1. The van der Waals surface area contributed by atoms with Gasteiger partial charge in [0.15, 0.2) is 0 Å². The lowest BCUT2D eigenvalue weighted by molar-refractivity contribution is -0.115. The molecule has 2 saturated heterocycles. The molecule has 0 aromatic carbocycles. The number of carbonyl (C=O) groups is 1. The maximum Gasteiger partial charge on any atom is 0.263 e. The van der Waals surface area contributed by atoms with Crippen molar-refractivity contribution < 1.29 is 9.53 Å². The molecule has 0 spiro atoms. The van der Waals surface area contributed by atoms with E-state index in [1.165, 1.54) is 10.4 Å². The van der Waals surface area contributed by atoms with E-state index in [1.807, 2.05) is 42.4 Å². The van der Waals surface area contributed by atoms with Crippen molar-refractivity contribution in [2.24, 2.45) is 0 Å². The number of hydrogen-bond acceptors (Lipinski definition) is 5. The summed E-state index contributed by atoms with van der Waals surface area (Å²) in [5.74, 6) is 0.184. The molecule has 138 valence electrons. The third-order valence-corrected chi connectivity index (χ3v) is 6.59. The number of methoxy groups -OCH3 is 1. The predicted octanol–water partition coefficient (Wildman–Crippen LogP) is 3.13. The summed E-state index contributed by atoms with van der Waals surface area (Å²) in [6, 6.07) is 8.87. The normalized spacial score (nSPS) is 24.5. The molecule has 5 nitrogen and oxygen atoms in total. The minimum atomic E-state index is 0.184. The molecule has 1 amide bonds. The second kappa shape index (κ2) is 7.47. The third kappa shape index (κ3) is 3.29. The number of ether oxygens (including phenoxy) is 1. The van der Waals surface area contributed by atoms with E-state index in [1.54, 1.807) is 18.4 Å². The van der Waals surface area contributed by atoms with Crippen molar-refractivity contribution in [2.45, 2.75) is 38.0 Å². The van der Waals surface area contributed by atoms with Gasteiger partial charge in [0.05, 0.1) is 17.0 Å². The third-order valence-electron chi connectivity index (χ3n) is 5.60. The van der Waals surface area contributed by atoms with E-state index in [9.17, 15) is 4.79 Å². The maximum atomic E-state index is 12.7. The molecule has 0 aliphatic carbocycles. The van der Waals surface area contributed by atoms with Gasteiger partial charge in [0.2, 0.25) is 0 Å². The topological polar surface area (TPSA) is 45.7 Å². The molecule has 0 saturated carbocycles. The second-order valence-electron chi connectivity index (χ2n) is 7.14. The van der Waals surface area contributed by atoms with Crippen molar-refractivity contribution in [3.05, 3.63) is 52.0 Å². The van der Waals surface area contributed by atoms with Crippen LogP contribution in [0.1, 0.15) is 39.0 Å². The van der Waals surface area contributed by atoms with Gasteiger partial charge in [0.25, 0.3) is 5.91 Å². The number of thiophene rings is 1. The summed E-state index contributed by atoms with van der Waals surface area (Å²) < 4.78 is 5.66. The molecule has 4 heterocycles. The van der Waals surface area contributed by atoms with Crippen LogP contribution in [0.25, 0.3) is 0 Å². The van der Waals surface area contributed by atoms with Crippen LogP contribution in [0.5, 0.6) is 0 Å². The fourth-order valence-electron chi connectivity index (χ4n) is 4.14. The molecule has 0 N–H and O–H groups in total. The molecular weight excluding hydrogens is 346 g/mol. The molecule has 2 aromatic heterocycles. The first-order valence-electron chi connectivity index (χ1n) is 9.21. The molecule has 0 bridgehead atoms. The summed E-state index contributed by atoms with van der Waals surface area (Å²) in [6.07, 6.45) is 6.02. The molecule has 2 fully saturated rings. The van der Waals surface area contributed by atoms with E-state index in [0.717, 1.165) is 37.4 Å². The van der Waals surface area contributed by atoms with E-state index in [-0.39, 0.29) is 18.1 Å². The van der Waals surface area contributed by atoms with Crippen LogP contribution in [0.15, 0.2) is 36.7 Å². The van der Waals surface area contributed by atoms with Gasteiger partial charge in [-0.15, -0.1) is 11.3 Å². The number of aryl methyl sites for hydroxylation is 1. The molecule has 2 unspecified atom stereocenters. The molecule has 26 heavy (non-hydrogen) atoms. The lowest BCUT2D eigenvalue weighted by Crippen LogP contribution is -2.60. The standard InChI is InChI=1S/C20H25N3O2S/c1-14-5-6-18(26-14)20(24)22-10-7-16(8-11-22)23-13-17(25-2)19(23)15-4-3-9-21-12-15/h3-6,9,12,16-17,19H,7-8,10-11,13H2,1-2H3. The fourth-order valence-corrected chi connectivity index (χ4v) is 4.97. The first kappa shape index (κ1) is 17.6. The fraction of sp³-hybridized carbons (Fsp3) is 0.500. The lowest BCUT2D eigenvalue weighted by atomic mass is 9.87. The molecule has 2 aromatic rings. The number of carbonyl (C=O) groups excluding carboxylic acids is 1. The maximum absolute atomic E-state index is 12.7. The predicted molar refractivity (Wildman–Crippen MR) is 102 cm³/mol. The summed E-state index contributed by atoms with van der Waals surface area (Å²) in [4.78, 5) is 23.5. The van der Waals surface area contributed by atoms with E-state index >= 15 is 0 Å². The summed E-state index contributed by atoms with van der Waals surface area (Å²) >= 11 is 1.59. The van der Waals surface area contributed by atoms with Gasteiger partial charge in [0.1, 0.15) is 0 Å². The Labute approximate surface area is 158 Å². The Morgan fingerprint density at radius 2 is 2.08 bits per heavy atom. The molecule has 2 aliphatic rings. The van der Waals surface area contributed by atoms with Crippen molar-refractivity contribution in [3.8, 4) is 0 Å². The minimum absolute atomic E-state index is 0.184. The van der Waals surface area contributed by atoms with Gasteiger partial charge >= 0.3 is 0 Å². The van der Waals surface area contributed by atoms with Crippen LogP contribution in [0.4, 0.5) is 0 Å². The number of pyridine rings is 1. The van der Waals surface area contributed by atoms with Gasteiger partial charge in [-0.1, -0.05) is 6.07 Å². The molecule has 4 rings (SSSR count). The highest BCUT2D eigenvalue weighted by Gasteiger charge is 2.44. The Balaban J connectivity index is 1.39. The van der Waals surface area contributed by atoms with Crippen LogP contribution in [0.2, 0.25) is 0 Å². The average molecular weight is 372 g/mol. The highest BCUT2D eigenvalue weighted by molar-refractivity contribution is 7.13. The molecule has 2 aliphatic heterocycles.